The fourth-order valence-corrected chi connectivity index (χ4v) is 2.46. The van der Waals surface area contributed by atoms with Crippen molar-refractivity contribution in [3.05, 3.63) is 45.4 Å². The number of nitrogens with one attached hydrogen (secondary N) is 1. The van der Waals surface area contributed by atoms with E-state index >= 15 is 0 Å². The summed E-state index contributed by atoms with van der Waals surface area (Å²) in [5, 5.41) is 6.25. The summed E-state index contributed by atoms with van der Waals surface area (Å²) >= 11 is 6.83. The van der Waals surface area contributed by atoms with Crippen LogP contribution in [0.5, 0.6) is 0 Å². The molecule has 1 amide bonds. The van der Waals surface area contributed by atoms with Crippen LogP contribution in [0.15, 0.2) is 24.3 Å². The number of benzene rings is 1. The maximum absolute atomic E-state index is 12.0. The van der Waals surface area contributed by atoms with Crippen molar-refractivity contribution in [2.45, 2.75) is 32.8 Å². The van der Waals surface area contributed by atoms with Gasteiger partial charge in [-0.15, -0.1) is 5.10 Å². The largest absolute Gasteiger partial charge is 0.458 e. The van der Waals surface area contributed by atoms with E-state index < -0.39 is 5.97 Å². The molecule has 0 fully saturated rings. The molecule has 2 rings (SSSR count). The lowest BCUT2D eigenvalue weighted by atomic mass is 9.87. The lowest BCUT2D eigenvalue weighted by Gasteiger charge is -2.19. The van der Waals surface area contributed by atoms with Gasteiger partial charge in [-0.3, -0.25) is 9.59 Å². The smallest absolute Gasteiger partial charge is 0.325 e. The van der Waals surface area contributed by atoms with Gasteiger partial charge in [-0.25, -0.2) is 0 Å². The van der Waals surface area contributed by atoms with Gasteiger partial charge in [0.25, 0.3) is 5.91 Å². The van der Waals surface area contributed by atoms with Crippen molar-refractivity contribution in [1.82, 2.24) is 14.9 Å². The first-order valence-electron chi connectivity index (χ1n) is 7.28. The van der Waals surface area contributed by atoms with E-state index in [4.69, 9.17) is 16.3 Å². The van der Waals surface area contributed by atoms with Gasteiger partial charge in [0.05, 0.1) is 0 Å². The number of rotatable bonds is 5. The molecular weight excluding hydrogens is 350 g/mol. The summed E-state index contributed by atoms with van der Waals surface area (Å²) in [7, 11) is 0. The molecule has 0 saturated carbocycles. The molecule has 0 saturated heterocycles. The second kappa shape index (κ2) is 7.72. The van der Waals surface area contributed by atoms with Crippen molar-refractivity contribution in [3.63, 3.8) is 0 Å². The molecule has 2 aromatic rings. The average molecular weight is 368 g/mol. The van der Waals surface area contributed by atoms with E-state index in [0.717, 1.165) is 17.1 Å². The number of carbonyl (C=O) groups excluding carboxylic acids is 2. The third kappa shape index (κ3) is 5.01. The molecule has 1 N–H and O–H groups in total. The number of amides is 1. The Bertz CT molecular complexity index is 723. The molecular formula is C16H18ClN3O3S. The van der Waals surface area contributed by atoms with E-state index in [1.165, 1.54) is 0 Å². The molecule has 1 aromatic heterocycles. The van der Waals surface area contributed by atoms with Crippen LogP contribution in [0, 0.1) is 0 Å². The third-order valence-corrected chi connectivity index (χ3v) is 4.27. The fraction of sp³-hybridized carbons (Fsp3) is 0.375. The van der Waals surface area contributed by atoms with Gasteiger partial charge in [-0.1, -0.05) is 49.0 Å². The highest BCUT2D eigenvalue weighted by molar-refractivity contribution is 7.10. The van der Waals surface area contributed by atoms with Crippen molar-refractivity contribution in [3.8, 4) is 0 Å². The SMILES string of the molecule is CC(C)(C)c1ccc(C(=O)NCC(=O)OCc2nnsc2Cl)cc1. The lowest BCUT2D eigenvalue weighted by Crippen LogP contribution is -2.30. The number of ether oxygens (including phenoxy) is 1. The number of halogens is 1. The highest BCUT2D eigenvalue weighted by Gasteiger charge is 2.15. The van der Waals surface area contributed by atoms with E-state index in [0.29, 0.717) is 15.6 Å². The Balaban J connectivity index is 1.82. The Morgan fingerprint density at radius 1 is 1.25 bits per heavy atom. The molecule has 8 heteroatoms. The first-order chi connectivity index (χ1) is 11.3. The molecule has 0 unspecified atom stereocenters. The normalized spacial score (nSPS) is 11.2. The Labute approximate surface area is 149 Å². The molecule has 24 heavy (non-hydrogen) atoms. The number of hydrogen-bond donors (Lipinski definition) is 1. The number of aromatic nitrogens is 2. The van der Waals surface area contributed by atoms with Crippen molar-refractivity contribution >= 4 is 35.0 Å². The molecule has 0 spiro atoms. The quantitative estimate of drug-likeness (QED) is 0.821. The second-order valence-electron chi connectivity index (χ2n) is 6.16. The first-order valence-corrected chi connectivity index (χ1v) is 8.43. The molecule has 1 heterocycles. The third-order valence-electron chi connectivity index (χ3n) is 3.29. The minimum absolute atomic E-state index is 0.0185. The van der Waals surface area contributed by atoms with E-state index in [1.807, 2.05) is 12.1 Å². The van der Waals surface area contributed by atoms with Crippen molar-refractivity contribution in [2.75, 3.05) is 6.54 Å². The summed E-state index contributed by atoms with van der Waals surface area (Å²) in [4.78, 5) is 23.7. The summed E-state index contributed by atoms with van der Waals surface area (Å²) in [5.41, 5.74) is 2.04. The zero-order chi connectivity index (χ0) is 17.7. The Hall–Kier alpha value is -1.99. The van der Waals surface area contributed by atoms with Gasteiger partial charge in [0.15, 0.2) is 0 Å². The zero-order valence-corrected chi connectivity index (χ0v) is 15.2. The van der Waals surface area contributed by atoms with Gasteiger partial charge in [0.2, 0.25) is 0 Å². The zero-order valence-electron chi connectivity index (χ0n) is 13.6. The first kappa shape index (κ1) is 18.4. The van der Waals surface area contributed by atoms with Gasteiger partial charge in [-0.05, 0) is 23.1 Å². The number of carbonyl (C=O) groups is 2. The van der Waals surface area contributed by atoms with Crippen LogP contribution >= 0.6 is 23.1 Å². The lowest BCUT2D eigenvalue weighted by molar-refractivity contribution is -0.143. The van der Waals surface area contributed by atoms with Crippen LogP contribution in [0.25, 0.3) is 0 Å². The summed E-state index contributed by atoms with van der Waals surface area (Å²) < 4.78 is 9.00. The van der Waals surface area contributed by atoms with Crippen molar-refractivity contribution in [2.24, 2.45) is 0 Å². The summed E-state index contributed by atoms with van der Waals surface area (Å²) in [5.74, 6) is -0.903. The maximum Gasteiger partial charge on any atom is 0.325 e. The molecule has 0 aliphatic rings. The topological polar surface area (TPSA) is 81.2 Å². The monoisotopic (exact) mass is 367 g/mol. The Morgan fingerprint density at radius 3 is 2.46 bits per heavy atom. The summed E-state index contributed by atoms with van der Waals surface area (Å²) in [6, 6.07) is 7.29. The minimum atomic E-state index is -0.571. The average Bonchev–Trinajstić information content (AvgIpc) is 2.95. The summed E-state index contributed by atoms with van der Waals surface area (Å²) in [6.07, 6.45) is 0. The predicted octanol–water partition coefficient (Wildman–Crippen LogP) is 2.96. The summed E-state index contributed by atoms with van der Waals surface area (Å²) in [6.45, 7) is 6.01. The Morgan fingerprint density at radius 2 is 1.92 bits per heavy atom. The highest BCUT2D eigenvalue weighted by atomic mass is 35.5. The predicted molar refractivity (Wildman–Crippen MR) is 92.2 cm³/mol. The molecule has 0 bridgehead atoms. The number of nitrogens with zero attached hydrogens (tertiary/aromatic N) is 2. The number of esters is 1. The molecule has 0 aliphatic carbocycles. The van der Waals surface area contributed by atoms with Gasteiger partial charge >= 0.3 is 5.97 Å². The van der Waals surface area contributed by atoms with Gasteiger partial charge in [-0.2, -0.15) is 0 Å². The van der Waals surface area contributed by atoms with Crippen molar-refractivity contribution < 1.29 is 14.3 Å². The minimum Gasteiger partial charge on any atom is -0.458 e. The Kier molecular flexibility index (Phi) is 5.90. The van der Waals surface area contributed by atoms with E-state index in [1.54, 1.807) is 12.1 Å². The molecule has 6 nitrogen and oxygen atoms in total. The molecule has 0 aliphatic heterocycles. The second-order valence-corrected chi connectivity index (χ2v) is 7.52. The molecule has 0 atom stereocenters. The molecule has 128 valence electrons. The van der Waals surface area contributed by atoms with Crippen LogP contribution in [0.2, 0.25) is 4.34 Å². The van der Waals surface area contributed by atoms with Gasteiger partial charge in [0.1, 0.15) is 23.2 Å². The fourth-order valence-electron chi connectivity index (χ4n) is 1.86. The number of hydrogen-bond acceptors (Lipinski definition) is 6. The van der Waals surface area contributed by atoms with Crippen LogP contribution in [0.1, 0.15) is 42.4 Å². The van der Waals surface area contributed by atoms with Crippen LogP contribution in [0.3, 0.4) is 0 Å². The molecule has 1 aromatic carbocycles. The molecule has 0 radical (unpaired) electrons. The van der Waals surface area contributed by atoms with Crippen LogP contribution in [-0.2, 0) is 21.6 Å². The van der Waals surface area contributed by atoms with E-state index in [-0.39, 0.29) is 24.5 Å². The van der Waals surface area contributed by atoms with Gasteiger partial charge in [0, 0.05) is 17.1 Å². The standard InChI is InChI=1S/C16H18ClN3O3S/c1-16(2,3)11-6-4-10(5-7-11)15(22)18-8-13(21)23-9-12-14(17)24-20-19-12/h4-7H,8-9H2,1-3H3,(H,18,22). The van der Waals surface area contributed by atoms with E-state index in [2.05, 4.69) is 35.7 Å². The maximum atomic E-state index is 12.0. The highest BCUT2D eigenvalue weighted by Crippen LogP contribution is 2.22. The van der Waals surface area contributed by atoms with Crippen LogP contribution < -0.4 is 5.32 Å². The van der Waals surface area contributed by atoms with Crippen molar-refractivity contribution in [1.29, 1.82) is 0 Å². The van der Waals surface area contributed by atoms with Crippen LogP contribution in [-0.4, -0.2) is 28.0 Å². The van der Waals surface area contributed by atoms with Crippen LogP contribution in [0.4, 0.5) is 0 Å². The van der Waals surface area contributed by atoms with E-state index in [9.17, 15) is 9.59 Å². The van der Waals surface area contributed by atoms with Gasteiger partial charge < -0.3 is 10.1 Å².